The molecule has 2 N–H and O–H groups in total. The van der Waals surface area contributed by atoms with Gasteiger partial charge in [-0.3, -0.25) is 9.59 Å². The van der Waals surface area contributed by atoms with Crippen molar-refractivity contribution in [2.24, 2.45) is 0 Å². The maximum Gasteiger partial charge on any atom is 0.412 e. The summed E-state index contributed by atoms with van der Waals surface area (Å²) in [5, 5.41) is 5.19. The third-order valence-corrected chi connectivity index (χ3v) is 2.54. The average Bonchev–Trinajstić information content (AvgIpc) is 2.38. The maximum atomic E-state index is 11.5. The number of ketones is 1. The Morgan fingerprint density at radius 2 is 2.00 bits per heavy atom. The lowest BCUT2D eigenvalue weighted by Crippen LogP contribution is -2.27. The molecule has 0 heterocycles. The molecule has 0 aromatic heterocycles. The zero-order valence-corrected chi connectivity index (χ0v) is 12.3. The number of unbranched alkanes of at least 4 members (excludes halogenated alkanes) is 1. The summed E-state index contributed by atoms with van der Waals surface area (Å²) in [5.41, 5.74) is 0.472. The number of carbonyl (C=O) groups is 3. The average molecular weight is 292 g/mol. The molecule has 0 radical (unpaired) electrons. The van der Waals surface area contributed by atoms with Crippen LogP contribution in [0.2, 0.25) is 0 Å². The number of hydrogen-bond donors (Lipinski definition) is 2. The van der Waals surface area contributed by atoms with E-state index in [1.807, 2.05) is 6.92 Å². The molecule has 0 spiro atoms. The molecule has 21 heavy (non-hydrogen) atoms. The van der Waals surface area contributed by atoms with Crippen molar-refractivity contribution in [1.29, 1.82) is 0 Å². The molecule has 0 unspecified atom stereocenters. The second-order valence-corrected chi connectivity index (χ2v) is 4.62. The molecule has 0 aliphatic carbocycles. The maximum absolute atomic E-state index is 11.5. The number of amides is 2. The van der Waals surface area contributed by atoms with Crippen molar-refractivity contribution in [3.8, 4) is 5.75 Å². The van der Waals surface area contributed by atoms with Crippen LogP contribution in [0.1, 0.15) is 33.1 Å². The van der Waals surface area contributed by atoms with Gasteiger partial charge in [-0.15, -0.1) is 0 Å². The molecular weight excluding hydrogens is 272 g/mol. The van der Waals surface area contributed by atoms with Crippen LogP contribution in [-0.4, -0.2) is 24.3 Å². The van der Waals surface area contributed by atoms with Crippen LogP contribution in [0.25, 0.3) is 0 Å². The zero-order chi connectivity index (χ0) is 15.7. The smallest absolute Gasteiger partial charge is 0.410 e. The van der Waals surface area contributed by atoms with Crippen molar-refractivity contribution in [2.75, 3.05) is 11.9 Å². The topological polar surface area (TPSA) is 84.5 Å². The minimum absolute atomic E-state index is 0.178. The predicted octanol–water partition coefficient (Wildman–Crippen LogP) is 2.49. The molecule has 0 saturated heterocycles. The van der Waals surface area contributed by atoms with Gasteiger partial charge in [0, 0.05) is 18.3 Å². The summed E-state index contributed by atoms with van der Waals surface area (Å²) in [6, 6.07) is 6.44. The van der Waals surface area contributed by atoms with Crippen molar-refractivity contribution in [2.45, 2.75) is 33.1 Å². The van der Waals surface area contributed by atoms with Gasteiger partial charge in [0.2, 0.25) is 5.91 Å². The molecule has 0 aliphatic heterocycles. The third-order valence-electron chi connectivity index (χ3n) is 2.54. The second-order valence-electron chi connectivity index (χ2n) is 4.62. The van der Waals surface area contributed by atoms with Crippen LogP contribution < -0.4 is 15.4 Å². The van der Waals surface area contributed by atoms with Gasteiger partial charge < -0.3 is 15.4 Å². The van der Waals surface area contributed by atoms with Crippen LogP contribution in [0, 0.1) is 0 Å². The van der Waals surface area contributed by atoms with E-state index in [0.29, 0.717) is 18.0 Å². The van der Waals surface area contributed by atoms with Gasteiger partial charge in [0.15, 0.2) is 0 Å². The van der Waals surface area contributed by atoms with Crippen LogP contribution >= 0.6 is 0 Å². The van der Waals surface area contributed by atoms with Gasteiger partial charge in [-0.25, -0.2) is 4.79 Å². The minimum atomic E-state index is -0.532. The number of hydrogen-bond acceptors (Lipinski definition) is 4. The van der Waals surface area contributed by atoms with Crippen LogP contribution in [0.4, 0.5) is 10.5 Å². The molecule has 0 saturated carbocycles. The summed E-state index contributed by atoms with van der Waals surface area (Å²) in [6.45, 7) is 3.93. The summed E-state index contributed by atoms with van der Waals surface area (Å²) >= 11 is 0. The summed E-state index contributed by atoms with van der Waals surface area (Å²) in [7, 11) is 0. The normalized spacial score (nSPS) is 9.81. The van der Waals surface area contributed by atoms with E-state index in [-0.39, 0.29) is 12.2 Å². The molecule has 0 atom stereocenters. The number of benzene rings is 1. The fourth-order valence-corrected chi connectivity index (χ4v) is 1.58. The van der Waals surface area contributed by atoms with Gasteiger partial charge in [-0.2, -0.15) is 0 Å². The highest BCUT2D eigenvalue weighted by Gasteiger charge is 2.07. The Bertz CT molecular complexity index is 514. The largest absolute Gasteiger partial charge is 0.412 e. The monoisotopic (exact) mass is 292 g/mol. The Hall–Kier alpha value is -2.37. The summed E-state index contributed by atoms with van der Waals surface area (Å²) in [5.74, 6) is -0.285. The molecule has 1 aromatic rings. The first kappa shape index (κ1) is 16.7. The molecule has 114 valence electrons. The Kier molecular flexibility index (Phi) is 6.94. The molecular formula is C15H20N2O4. The SMILES string of the molecule is CCCCNC(=O)Oc1cccc(NC(=O)CC(C)=O)c1. The fraction of sp³-hybridized carbons (Fsp3) is 0.400. The summed E-state index contributed by atoms with van der Waals surface area (Å²) in [6.07, 6.45) is 1.16. The van der Waals surface area contributed by atoms with Crippen molar-refractivity contribution in [1.82, 2.24) is 5.32 Å². The van der Waals surface area contributed by atoms with Crippen molar-refractivity contribution in [3.05, 3.63) is 24.3 Å². The number of ether oxygens (including phenoxy) is 1. The van der Waals surface area contributed by atoms with Gasteiger partial charge in [0.25, 0.3) is 0 Å². The minimum Gasteiger partial charge on any atom is -0.410 e. The lowest BCUT2D eigenvalue weighted by atomic mass is 10.2. The van der Waals surface area contributed by atoms with E-state index in [9.17, 15) is 14.4 Å². The number of carbonyl (C=O) groups excluding carboxylic acids is 3. The molecule has 0 fully saturated rings. The Balaban J connectivity index is 2.53. The van der Waals surface area contributed by atoms with E-state index >= 15 is 0 Å². The van der Waals surface area contributed by atoms with E-state index in [1.165, 1.54) is 13.0 Å². The summed E-state index contributed by atoms with van der Waals surface area (Å²) < 4.78 is 5.10. The van der Waals surface area contributed by atoms with Crippen molar-refractivity contribution < 1.29 is 19.1 Å². The van der Waals surface area contributed by atoms with Gasteiger partial charge in [0.1, 0.15) is 11.5 Å². The molecule has 6 heteroatoms. The molecule has 0 bridgehead atoms. The van der Waals surface area contributed by atoms with Gasteiger partial charge in [-0.1, -0.05) is 19.4 Å². The number of anilines is 1. The van der Waals surface area contributed by atoms with Crippen LogP contribution in [0.15, 0.2) is 24.3 Å². The lowest BCUT2D eigenvalue weighted by molar-refractivity contribution is -0.124. The van der Waals surface area contributed by atoms with E-state index in [2.05, 4.69) is 10.6 Å². The van der Waals surface area contributed by atoms with Gasteiger partial charge in [-0.05, 0) is 25.5 Å². The molecule has 0 aliphatic rings. The number of rotatable bonds is 7. The van der Waals surface area contributed by atoms with Crippen molar-refractivity contribution >= 4 is 23.5 Å². The Labute approximate surface area is 123 Å². The molecule has 2 amide bonds. The van der Waals surface area contributed by atoms with Crippen LogP contribution in [0.5, 0.6) is 5.75 Å². The first-order chi connectivity index (χ1) is 10.0. The highest BCUT2D eigenvalue weighted by atomic mass is 16.6. The molecule has 1 aromatic carbocycles. The molecule has 6 nitrogen and oxygen atoms in total. The third kappa shape index (κ3) is 7.10. The number of nitrogens with one attached hydrogen (secondary N) is 2. The fourth-order valence-electron chi connectivity index (χ4n) is 1.58. The Morgan fingerprint density at radius 1 is 1.24 bits per heavy atom. The quantitative estimate of drug-likeness (QED) is 0.597. The van der Waals surface area contributed by atoms with Gasteiger partial charge >= 0.3 is 6.09 Å². The van der Waals surface area contributed by atoms with E-state index < -0.39 is 12.0 Å². The second kappa shape index (κ2) is 8.73. The summed E-state index contributed by atoms with van der Waals surface area (Å²) in [4.78, 5) is 33.8. The predicted molar refractivity (Wildman–Crippen MR) is 79.3 cm³/mol. The van der Waals surface area contributed by atoms with E-state index in [0.717, 1.165) is 12.8 Å². The highest BCUT2D eigenvalue weighted by molar-refractivity contribution is 6.03. The van der Waals surface area contributed by atoms with E-state index in [4.69, 9.17) is 4.74 Å². The van der Waals surface area contributed by atoms with Gasteiger partial charge in [0.05, 0.1) is 6.42 Å². The highest BCUT2D eigenvalue weighted by Crippen LogP contribution is 2.17. The first-order valence-corrected chi connectivity index (χ1v) is 6.86. The standard InChI is InChI=1S/C15H20N2O4/c1-3-4-8-16-15(20)21-13-7-5-6-12(10-13)17-14(19)9-11(2)18/h5-7,10H,3-4,8-9H2,1-2H3,(H,16,20)(H,17,19). The first-order valence-electron chi connectivity index (χ1n) is 6.86. The number of Topliss-reactive ketones (excluding diaryl/α,β-unsaturated/α-hetero) is 1. The lowest BCUT2D eigenvalue weighted by Gasteiger charge is -2.08. The molecule has 1 rings (SSSR count). The Morgan fingerprint density at radius 3 is 2.67 bits per heavy atom. The van der Waals surface area contributed by atoms with Crippen LogP contribution in [-0.2, 0) is 9.59 Å². The van der Waals surface area contributed by atoms with E-state index in [1.54, 1.807) is 18.2 Å². The zero-order valence-electron chi connectivity index (χ0n) is 12.3. The van der Waals surface area contributed by atoms with Crippen LogP contribution in [0.3, 0.4) is 0 Å². The van der Waals surface area contributed by atoms with Crippen molar-refractivity contribution in [3.63, 3.8) is 0 Å².